The first-order valence-electron chi connectivity index (χ1n) is 8.05. The molecule has 0 radical (unpaired) electrons. The molecule has 2 saturated heterocycles. The molecule has 2 aliphatic heterocycles. The van der Waals surface area contributed by atoms with Crippen LogP contribution in [0.1, 0.15) is 41.6 Å². The van der Waals surface area contributed by atoms with Gasteiger partial charge in [0, 0.05) is 36.8 Å². The fourth-order valence-electron chi connectivity index (χ4n) is 3.40. The number of carbonyl (C=O) groups excluding carboxylic acids is 1. The quantitative estimate of drug-likeness (QED) is 0.833. The van der Waals surface area contributed by atoms with Gasteiger partial charge in [0.25, 0.3) is 12.3 Å². The number of rotatable bonds is 3. The minimum atomic E-state index is -3.20. The Balaban J connectivity index is 1.71. The number of carbonyl (C=O) groups is 1. The summed E-state index contributed by atoms with van der Waals surface area (Å²) < 4.78 is 50.8. The molecule has 1 aromatic rings. The zero-order chi connectivity index (χ0) is 17.3. The van der Waals surface area contributed by atoms with Crippen LogP contribution >= 0.6 is 0 Å². The van der Waals surface area contributed by atoms with E-state index in [2.05, 4.69) is 0 Å². The van der Waals surface area contributed by atoms with Crippen LogP contribution in [0.3, 0.4) is 0 Å². The summed E-state index contributed by atoms with van der Waals surface area (Å²) in [6.07, 6.45) is -0.457. The van der Waals surface area contributed by atoms with Crippen molar-refractivity contribution in [3.63, 3.8) is 0 Å². The van der Waals surface area contributed by atoms with Gasteiger partial charge in [-0.3, -0.25) is 4.79 Å². The predicted molar refractivity (Wildman–Crippen MR) is 85.4 cm³/mol. The number of hydrogen-bond acceptors (Lipinski definition) is 3. The van der Waals surface area contributed by atoms with E-state index < -0.39 is 16.4 Å². The predicted octanol–water partition coefficient (Wildman–Crippen LogP) is 2.26. The molecule has 2 fully saturated rings. The van der Waals surface area contributed by atoms with Crippen molar-refractivity contribution in [2.75, 3.05) is 25.4 Å². The summed E-state index contributed by atoms with van der Waals surface area (Å²) in [5, 5.41) is 0. The van der Waals surface area contributed by atoms with Gasteiger partial charge in [0.15, 0.2) is 0 Å². The van der Waals surface area contributed by atoms with Crippen LogP contribution in [0.25, 0.3) is 0 Å². The maximum Gasteiger partial charge on any atom is 0.263 e. The first-order valence-corrected chi connectivity index (χ1v) is 9.66. The molecule has 0 spiro atoms. The van der Waals surface area contributed by atoms with Crippen LogP contribution in [0, 0.1) is 0 Å². The average molecular weight is 358 g/mol. The van der Waals surface area contributed by atoms with Gasteiger partial charge in [-0.15, -0.1) is 0 Å². The molecule has 0 N–H and O–H groups in total. The van der Waals surface area contributed by atoms with Crippen molar-refractivity contribution in [1.29, 1.82) is 0 Å². The van der Waals surface area contributed by atoms with Crippen molar-refractivity contribution in [1.82, 2.24) is 9.21 Å². The van der Waals surface area contributed by atoms with Gasteiger partial charge in [0.1, 0.15) is 0 Å². The molecule has 1 atom stereocenters. The number of likely N-dealkylation sites (tertiary alicyclic amines) is 1. The van der Waals surface area contributed by atoms with Crippen molar-refractivity contribution >= 4 is 15.9 Å². The number of alkyl halides is 2. The second kappa shape index (κ2) is 6.76. The number of benzene rings is 1. The van der Waals surface area contributed by atoms with Gasteiger partial charge >= 0.3 is 0 Å². The minimum absolute atomic E-state index is 0.119. The Morgan fingerprint density at radius 1 is 1.12 bits per heavy atom. The largest absolute Gasteiger partial charge is 0.337 e. The lowest BCUT2D eigenvalue weighted by Gasteiger charge is -2.36. The second-order valence-electron chi connectivity index (χ2n) is 6.25. The molecule has 3 rings (SSSR count). The van der Waals surface area contributed by atoms with E-state index in [-0.39, 0.29) is 23.3 Å². The van der Waals surface area contributed by atoms with Crippen LogP contribution in [-0.2, 0) is 10.0 Å². The molecule has 0 aromatic heterocycles. The van der Waals surface area contributed by atoms with Gasteiger partial charge < -0.3 is 4.90 Å². The van der Waals surface area contributed by atoms with Gasteiger partial charge in [-0.1, -0.05) is 12.1 Å². The van der Waals surface area contributed by atoms with E-state index in [1.807, 2.05) is 0 Å². The maximum absolute atomic E-state index is 12.6. The van der Waals surface area contributed by atoms with E-state index in [0.717, 1.165) is 12.8 Å². The molecular weight excluding hydrogens is 338 g/mol. The van der Waals surface area contributed by atoms with Crippen LogP contribution in [0.2, 0.25) is 0 Å². The molecule has 1 amide bonds. The average Bonchev–Trinajstić information content (AvgIpc) is 2.93. The Hall–Kier alpha value is -1.54. The molecule has 132 valence electrons. The van der Waals surface area contributed by atoms with Gasteiger partial charge in [0.05, 0.1) is 5.75 Å². The summed E-state index contributed by atoms with van der Waals surface area (Å²) >= 11 is 0. The highest BCUT2D eigenvalue weighted by Crippen LogP contribution is 2.25. The van der Waals surface area contributed by atoms with E-state index in [9.17, 15) is 22.0 Å². The van der Waals surface area contributed by atoms with Crippen molar-refractivity contribution in [3.8, 4) is 0 Å². The Morgan fingerprint density at radius 2 is 1.83 bits per heavy atom. The summed E-state index contributed by atoms with van der Waals surface area (Å²) in [5.41, 5.74) is 0.232. The van der Waals surface area contributed by atoms with E-state index >= 15 is 0 Å². The Bertz CT molecular complexity index is 707. The number of sulfonamides is 1. The molecule has 8 heteroatoms. The summed E-state index contributed by atoms with van der Waals surface area (Å²) in [6.45, 7) is 1.42. The van der Waals surface area contributed by atoms with E-state index in [1.54, 1.807) is 4.90 Å². The van der Waals surface area contributed by atoms with Crippen LogP contribution in [0.4, 0.5) is 8.78 Å². The van der Waals surface area contributed by atoms with Gasteiger partial charge in [-0.05, 0) is 31.4 Å². The molecule has 0 saturated carbocycles. The normalized spacial score (nSPS) is 24.5. The molecule has 2 heterocycles. The topological polar surface area (TPSA) is 57.7 Å². The minimum Gasteiger partial charge on any atom is -0.337 e. The molecule has 0 bridgehead atoms. The third-order valence-electron chi connectivity index (χ3n) is 4.64. The smallest absolute Gasteiger partial charge is 0.263 e. The van der Waals surface area contributed by atoms with Crippen molar-refractivity contribution in [3.05, 3.63) is 35.4 Å². The number of nitrogens with zero attached hydrogens (tertiary/aromatic N) is 2. The summed E-state index contributed by atoms with van der Waals surface area (Å²) in [6, 6.07) is 5.13. The standard InChI is InChI=1S/C16H20F2N2O3S/c17-15(18)12-4-6-13(7-5-12)16(21)19-8-1-3-14(11-19)20-9-2-10-24(20,22)23/h4-7,14-15H,1-3,8-11H2. The van der Waals surface area contributed by atoms with Crippen LogP contribution in [0.5, 0.6) is 0 Å². The Kier molecular flexibility index (Phi) is 4.87. The van der Waals surface area contributed by atoms with Crippen LogP contribution < -0.4 is 0 Å². The Morgan fingerprint density at radius 3 is 2.42 bits per heavy atom. The summed E-state index contributed by atoms with van der Waals surface area (Å²) in [7, 11) is -3.20. The Labute approximate surface area is 140 Å². The third kappa shape index (κ3) is 3.44. The highest BCUT2D eigenvalue weighted by Gasteiger charge is 2.37. The van der Waals surface area contributed by atoms with Crippen LogP contribution in [-0.4, -0.2) is 55.0 Å². The molecule has 24 heavy (non-hydrogen) atoms. The van der Waals surface area contributed by atoms with Crippen molar-refractivity contribution < 1.29 is 22.0 Å². The highest BCUT2D eigenvalue weighted by molar-refractivity contribution is 7.89. The lowest BCUT2D eigenvalue weighted by molar-refractivity contribution is 0.0658. The lowest BCUT2D eigenvalue weighted by atomic mass is 10.0. The first-order chi connectivity index (χ1) is 11.4. The zero-order valence-electron chi connectivity index (χ0n) is 13.2. The SMILES string of the molecule is O=C(c1ccc(C(F)F)cc1)N1CCCC(N2CCCS2(=O)=O)C1. The summed E-state index contributed by atoms with van der Waals surface area (Å²) in [4.78, 5) is 14.2. The monoisotopic (exact) mass is 358 g/mol. The third-order valence-corrected chi connectivity index (χ3v) is 6.64. The molecule has 5 nitrogen and oxygen atoms in total. The number of amides is 1. The second-order valence-corrected chi connectivity index (χ2v) is 8.29. The van der Waals surface area contributed by atoms with E-state index in [0.29, 0.717) is 31.6 Å². The van der Waals surface area contributed by atoms with E-state index in [4.69, 9.17) is 0 Å². The van der Waals surface area contributed by atoms with Crippen molar-refractivity contribution in [2.24, 2.45) is 0 Å². The van der Waals surface area contributed by atoms with Crippen LogP contribution in [0.15, 0.2) is 24.3 Å². The maximum atomic E-state index is 12.6. The number of halogens is 2. The van der Waals surface area contributed by atoms with E-state index in [1.165, 1.54) is 28.6 Å². The molecular formula is C16H20F2N2O3S. The lowest BCUT2D eigenvalue weighted by Crippen LogP contribution is -2.50. The molecule has 0 aliphatic carbocycles. The van der Waals surface area contributed by atoms with Gasteiger partial charge in [-0.25, -0.2) is 17.2 Å². The molecule has 1 aromatic carbocycles. The highest BCUT2D eigenvalue weighted by atomic mass is 32.2. The fraction of sp³-hybridized carbons (Fsp3) is 0.562. The van der Waals surface area contributed by atoms with Crippen molar-refractivity contribution in [2.45, 2.75) is 31.7 Å². The zero-order valence-corrected chi connectivity index (χ0v) is 14.0. The first kappa shape index (κ1) is 17.3. The van der Waals surface area contributed by atoms with Gasteiger partial charge in [0.2, 0.25) is 10.0 Å². The molecule has 1 unspecified atom stereocenters. The molecule has 2 aliphatic rings. The van der Waals surface area contributed by atoms with Gasteiger partial charge in [-0.2, -0.15) is 4.31 Å². The fourth-order valence-corrected chi connectivity index (χ4v) is 5.16. The number of piperidine rings is 1. The number of hydrogen-bond donors (Lipinski definition) is 0. The summed E-state index contributed by atoms with van der Waals surface area (Å²) in [5.74, 6) is -0.0656.